The fourth-order valence-corrected chi connectivity index (χ4v) is 4.87. The van der Waals surface area contributed by atoms with E-state index in [-0.39, 0.29) is 14.1 Å². The lowest BCUT2D eigenvalue weighted by molar-refractivity contribution is 0.108. The van der Waals surface area contributed by atoms with Crippen LogP contribution in [0.5, 0.6) is 11.5 Å². The van der Waals surface area contributed by atoms with E-state index in [0.717, 1.165) is 41.6 Å². The summed E-state index contributed by atoms with van der Waals surface area (Å²) >= 11 is 6.31. The van der Waals surface area contributed by atoms with Gasteiger partial charge in [0.2, 0.25) is 0 Å². The molecule has 0 heterocycles. The van der Waals surface area contributed by atoms with Gasteiger partial charge in [0.15, 0.2) is 5.52 Å². The summed E-state index contributed by atoms with van der Waals surface area (Å²) in [6.45, 7) is 7.68. The molecule has 0 N–H and O–H groups in total. The highest BCUT2D eigenvalue weighted by Gasteiger charge is 2.17. The van der Waals surface area contributed by atoms with Gasteiger partial charge in [-0.25, -0.2) is 0 Å². The topological polar surface area (TPSA) is 35.5 Å². The molecule has 0 saturated heterocycles. The van der Waals surface area contributed by atoms with Gasteiger partial charge >= 0.3 is 0 Å². The highest BCUT2D eigenvalue weighted by Crippen LogP contribution is 2.31. The molecular formula is C26H36ClO3P. The van der Waals surface area contributed by atoms with E-state index in [9.17, 15) is 4.79 Å². The SMILES string of the molecule is CCCCCCOc1ccc(PC(=O)c2c(C)cccc2Cl)c(OCCCCCC)c1. The van der Waals surface area contributed by atoms with E-state index in [2.05, 4.69) is 13.8 Å². The predicted molar refractivity (Wildman–Crippen MR) is 134 cm³/mol. The summed E-state index contributed by atoms with van der Waals surface area (Å²) in [7, 11) is -0.0458. The van der Waals surface area contributed by atoms with Gasteiger partial charge in [0.25, 0.3) is 0 Å². The van der Waals surface area contributed by atoms with Crippen LogP contribution in [-0.4, -0.2) is 18.7 Å². The lowest BCUT2D eigenvalue weighted by atomic mass is 10.1. The van der Waals surface area contributed by atoms with Crippen molar-refractivity contribution in [3.05, 3.63) is 52.5 Å². The molecule has 0 aromatic heterocycles. The monoisotopic (exact) mass is 462 g/mol. The van der Waals surface area contributed by atoms with Crippen molar-refractivity contribution in [2.45, 2.75) is 72.1 Å². The Morgan fingerprint density at radius 3 is 2.23 bits per heavy atom. The number of carbonyl (C=O) groups excluding carboxylic acids is 1. The molecule has 0 radical (unpaired) electrons. The normalized spacial score (nSPS) is 11.2. The third kappa shape index (κ3) is 8.83. The van der Waals surface area contributed by atoms with E-state index < -0.39 is 0 Å². The number of ether oxygens (including phenoxy) is 2. The van der Waals surface area contributed by atoms with Crippen LogP contribution in [0.4, 0.5) is 0 Å². The van der Waals surface area contributed by atoms with Crippen molar-refractivity contribution in [3.8, 4) is 11.5 Å². The molecule has 170 valence electrons. The van der Waals surface area contributed by atoms with Gasteiger partial charge in [0.1, 0.15) is 11.5 Å². The molecule has 3 nitrogen and oxygen atoms in total. The number of unbranched alkanes of at least 4 members (excludes halogenated alkanes) is 6. The third-order valence-corrected chi connectivity index (χ3v) is 6.65. The molecule has 0 aliphatic rings. The Bertz CT molecular complexity index is 802. The first kappa shape index (κ1) is 25.7. The first-order chi connectivity index (χ1) is 15.1. The van der Waals surface area contributed by atoms with Gasteiger partial charge < -0.3 is 9.47 Å². The smallest absolute Gasteiger partial charge is 0.187 e. The molecule has 1 atom stereocenters. The molecule has 1 unspecified atom stereocenters. The fraction of sp³-hybridized carbons (Fsp3) is 0.500. The molecule has 0 aliphatic carbocycles. The van der Waals surface area contributed by atoms with Gasteiger partial charge in [0.05, 0.1) is 18.2 Å². The highest BCUT2D eigenvalue weighted by molar-refractivity contribution is 7.66. The lowest BCUT2D eigenvalue weighted by Gasteiger charge is -2.15. The van der Waals surface area contributed by atoms with Crippen molar-refractivity contribution in [2.24, 2.45) is 0 Å². The van der Waals surface area contributed by atoms with E-state index >= 15 is 0 Å². The predicted octanol–water partition coefficient (Wildman–Crippen LogP) is 7.71. The first-order valence-corrected chi connectivity index (χ1v) is 12.9. The van der Waals surface area contributed by atoms with E-state index in [1.54, 1.807) is 6.07 Å². The minimum absolute atomic E-state index is 0.0344. The van der Waals surface area contributed by atoms with Crippen molar-refractivity contribution < 1.29 is 14.3 Å². The molecule has 0 amide bonds. The molecule has 5 heteroatoms. The van der Waals surface area contributed by atoms with Gasteiger partial charge in [-0.3, -0.25) is 4.79 Å². The van der Waals surface area contributed by atoms with Gasteiger partial charge in [-0.1, -0.05) is 76.1 Å². The fourth-order valence-electron chi connectivity index (χ4n) is 3.35. The van der Waals surface area contributed by atoms with Gasteiger partial charge in [-0.15, -0.1) is 0 Å². The number of rotatable bonds is 15. The molecule has 0 aliphatic heterocycles. The third-order valence-electron chi connectivity index (χ3n) is 5.17. The van der Waals surface area contributed by atoms with Crippen LogP contribution in [0.2, 0.25) is 5.02 Å². The zero-order valence-corrected chi connectivity index (χ0v) is 20.9. The Morgan fingerprint density at radius 2 is 1.58 bits per heavy atom. The molecule has 0 spiro atoms. The van der Waals surface area contributed by atoms with E-state index in [0.29, 0.717) is 23.8 Å². The molecular weight excluding hydrogens is 427 g/mol. The summed E-state index contributed by atoms with van der Waals surface area (Å²) in [6, 6.07) is 11.4. The molecule has 2 aromatic carbocycles. The molecule has 2 aromatic rings. The molecule has 0 bridgehead atoms. The Hall–Kier alpha value is -1.57. The number of benzene rings is 2. The van der Waals surface area contributed by atoms with Gasteiger partial charge in [-0.05, 0) is 52.1 Å². The second-order valence-electron chi connectivity index (χ2n) is 7.86. The summed E-state index contributed by atoms with van der Waals surface area (Å²) in [5, 5.41) is 1.41. The van der Waals surface area contributed by atoms with Crippen LogP contribution in [0.25, 0.3) is 0 Å². The van der Waals surface area contributed by atoms with Crippen molar-refractivity contribution in [3.63, 3.8) is 0 Å². The quantitative estimate of drug-likeness (QED) is 0.201. The minimum atomic E-state index is -0.0458. The van der Waals surface area contributed by atoms with Crippen molar-refractivity contribution in [1.29, 1.82) is 0 Å². The number of carbonyl (C=O) groups is 1. The van der Waals surface area contributed by atoms with E-state index in [4.69, 9.17) is 21.1 Å². The maximum absolute atomic E-state index is 13.0. The lowest BCUT2D eigenvalue weighted by Crippen LogP contribution is -2.10. The maximum Gasteiger partial charge on any atom is 0.187 e. The summed E-state index contributed by atoms with van der Waals surface area (Å²) in [6.07, 6.45) is 9.25. The van der Waals surface area contributed by atoms with E-state index in [1.807, 2.05) is 37.3 Å². The van der Waals surface area contributed by atoms with Crippen molar-refractivity contribution in [2.75, 3.05) is 13.2 Å². The zero-order chi connectivity index (χ0) is 22.5. The number of hydrogen-bond donors (Lipinski definition) is 0. The Morgan fingerprint density at radius 1 is 0.903 bits per heavy atom. The van der Waals surface area contributed by atoms with Crippen LogP contribution in [0, 0.1) is 6.92 Å². The highest BCUT2D eigenvalue weighted by atomic mass is 35.5. The van der Waals surface area contributed by atoms with E-state index in [1.165, 1.54) is 32.1 Å². The number of aryl methyl sites for hydroxylation is 1. The van der Waals surface area contributed by atoms with Crippen molar-refractivity contribution >= 4 is 31.0 Å². The second kappa shape index (κ2) is 14.5. The standard InChI is InChI=1S/C26H36ClO3P/c1-4-6-8-10-17-29-21-15-16-24(23(19-21)30-18-11-9-7-5-2)31-26(28)25-20(3)13-12-14-22(25)27/h12-16,19,31H,4-11,17-18H2,1-3H3. The Balaban J connectivity index is 2.10. The Labute approximate surface area is 194 Å². The van der Waals surface area contributed by atoms with Crippen LogP contribution in [-0.2, 0) is 0 Å². The van der Waals surface area contributed by atoms with Crippen LogP contribution in [0.15, 0.2) is 36.4 Å². The molecule has 31 heavy (non-hydrogen) atoms. The molecule has 0 fully saturated rings. The summed E-state index contributed by atoms with van der Waals surface area (Å²) in [5.41, 5.74) is 1.54. The summed E-state index contributed by atoms with van der Waals surface area (Å²) < 4.78 is 12.0. The first-order valence-electron chi connectivity index (χ1n) is 11.5. The molecule has 0 saturated carbocycles. The zero-order valence-electron chi connectivity index (χ0n) is 19.1. The van der Waals surface area contributed by atoms with Gasteiger partial charge in [0, 0.05) is 16.9 Å². The van der Waals surface area contributed by atoms with Crippen LogP contribution in [0.1, 0.15) is 81.1 Å². The summed E-state index contributed by atoms with van der Waals surface area (Å²) in [5.74, 6) is 1.55. The molecule has 2 rings (SSSR count). The maximum atomic E-state index is 13.0. The van der Waals surface area contributed by atoms with Crippen LogP contribution in [0.3, 0.4) is 0 Å². The summed E-state index contributed by atoms with van der Waals surface area (Å²) in [4.78, 5) is 13.0. The largest absolute Gasteiger partial charge is 0.493 e. The average Bonchev–Trinajstić information content (AvgIpc) is 2.75. The van der Waals surface area contributed by atoms with Crippen molar-refractivity contribution in [1.82, 2.24) is 0 Å². The second-order valence-corrected chi connectivity index (χ2v) is 9.51. The number of halogens is 1. The minimum Gasteiger partial charge on any atom is -0.493 e. The van der Waals surface area contributed by atoms with Crippen LogP contribution < -0.4 is 14.8 Å². The number of hydrogen-bond acceptors (Lipinski definition) is 3. The van der Waals surface area contributed by atoms with Gasteiger partial charge in [-0.2, -0.15) is 0 Å². The average molecular weight is 463 g/mol. The Kier molecular flexibility index (Phi) is 12.0. The van der Waals surface area contributed by atoms with Crippen LogP contribution >= 0.6 is 20.2 Å².